The van der Waals surface area contributed by atoms with Gasteiger partial charge in [0.25, 0.3) is 0 Å². The van der Waals surface area contributed by atoms with E-state index in [4.69, 9.17) is 5.11 Å². The third-order valence-electron chi connectivity index (χ3n) is 2.13. The van der Waals surface area contributed by atoms with Crippen molar-refractivity contribution in [1.29, 1.82) is 0 Å². The van der Waals surface area contributed by atoms with E-state index in [1.54, 1.807) is 24.5 Å². The normalized spacial score (nSPS) is 12.7. The number of carbonyl (C=O) groups is 1. The average molecular weight is 230 g/mol. The number of carboxylic acids is 1. The Morgan fingerprint density at radius 2 is 2.07 bits per heavy atom. The summed E-state index contributed by atoms with van der Waals surface area (Å²) in [5.41, 5.74) is 0.460. The van der Waals surface area contributed by atoms with Gasteiger partial charge >= 0.3 is 5.97 Å². The number of hydrogen-bond acceptors (Lipinski definition) is 2. The molecule has 1 atom stereocenters. The van der Waals surface area contributed by atoms with E-state index in [9.17, 15) is 4.79 Å². The smallest absolute Gasteiger partial charge is 0.311 e. The monoisotopic (exact) mass is 229 g/mol. The first-order chi connectivity index (χ1) is 6.43. The predicted octanol–water partition coefficient (Wildman–Crippen LogP) is 2.72. The molecule has 3 nitrogen and oxygen atoms in total. The molecular formula is C11H16ClNO2. The number of halogens is 1. The van der Waals surface area contributed by atoms with E-state index in [1.165, 1.54) is 0 Å². The Hall–Kier alpha value is -1.09. The highest BCUT2D eigenvalue weighted by atomic mass is 35.5. The molecule has 0 bridgehead atoms. The molecule has 0 amide bonds. The molecule has 0 aliphatic rings. The third-order valence-corrected chi connectivity index (χ3v) is 2.13. The van der Waals surface area contributed by atoms with Gasteiger partial charge < -0.3 is 5.11 Å². The quantitative estimate of drug-likeness (QED) is 0.849. The maximum absolute atomic E-state index is 11.1. The Morgan fingerprint density at radius 3 is 2.40 bits per heavy atom. The van der Waals surface area contributed by atoms with Crippen molar-refractivity contribution in [3.63, 3.8) is 0 Å². The van der Waals surface area contributed by atoms with Gasteiger partial charge in [-0.25, -0.2) is 0 Å². The predicted molar refractivity (Wildman–Crippen MR) is 61.3 cm³/mol. The van der Waals surface area contributed by atoms with E-state index >= 15 is 0 Å². The Morgan fingerprint density at radius 1 is 1.47 bits per heavy atom. The fraction of sp³-hybridized carbons (Fsp3) is 0.455. The first kappa shape index (κ1) is 13.9. The fourth-order valence-corrected chi connectivity index (χ4v) is 1.56. The van der Waals surface area contributed by atoms with Gasteiger partial charge in [0.15, 0.2) is 0 Å². The van der Waals surface area contributed by atoms with Crippen molar-refractivity contribution >= 4 is 18.4 Å². The van der Waals surface area contributed by atoms with Gasteiger partial charge in [0.2, 0.25) is 0 Å². The molecule has 0 spiro atoms. The maximum Gasteiger partial charge on any atom is 0.311 e. The summed E-state index contributed by atoms with van der Waals surface area (Å²) < 4.78 is 0. The van der Waals surface area contributed by atoms with Gasteiger partial charge in [0.05, 0.1) is 5.92 Å². The van der Waals surface area contributed by atoms with Crippen LogP contribution in [-0.4, -0.2) is 16.1 Å². The van der Waals surface area contributed by atoms with Crippen LogP contribution in [0.3, 0.4) is 0 Å². The Kier molecular flexibility index (Phi) is 4.75. The van der Waals surface area contributed by atoms with Gasteiger partial charge in [-0.3, -0.25) is 9.78 Å². The lowest BCUT2D eigenvalue weighted by Crippen LogP contribution is -2.26. The molecule has 0 aliphatic heterocycles. The summed E-state index contributed by atoms with van der Waals surface area (Å²) in [7, 11) is 0. The standard InChI is InChI=1S/C11H15NO2.ClH/c1-11(2,3)9(10(13)14)8-5-4-6-12-7-8;/h4-7,9H,1-3H3,(H,13,14);1H. The van der Waals surface area contributed by atoms with Crippen molar-refractivity contribution in [2.45, 2.75) is 26.7 Å². The third kappa shape index (κ3) is 3.51. The summed E-state index contributed by atoms with van der Waals surface area (Å²) in [5, 5.41) is 9.13. The van der Waals surface area contributed by atoms with Gasteiger partial charge in [0, 0.05) is 12.4 Å². The SMILES string of the molecule is CC(C)(C)C(C(=O)O)c1cccnc1.Cl. The van der Waals surface area contributed by atoms with Crippen LogP contribution in [0.25, 0.3) is 0 Å². The number of hydrogen-bond donors (Lipinski definition) is 1. The number of aromatic nitrogens is 1. The van der Waals surface area contributed by atoms with Crippen LogP contribution < -0.4 is 0 Å². The molecule has 0 saturated heterocycles. The molecule has 1 aromatic rings. The van der Waals surface area contributed by atoms with Crippen molar-refractivity contribution in [2.75, 3.05) is 0 Å². The van der Waals surface area contributed by atoms with E-state index in [-0.39, 0.29) is 17.8 Å². The Labute approximate surface area is 95.9 Å². The molecule has 4 heteroatoms. The van der Waals surface area contributed by atoms with Crippen molar-refractivity contribution in [3.05, 3.63) is 30.1 Å². The van der Waals surface area contributed by atoms with Gasteiger partial charge in [-0.05, 0) is 17.0 Å². The van der Waals surface area contributed by atoms with Crippen molar-refractivity contribution in [3.8, 4) is 0 Å². The van der Waals surface area contributed by atoms with Gasteiger partial charge in [-0.15, -0.1) is 12.4 Å². The minimum absolute atomic E-state index is 0. The lowest BCUT2D eigenvalue weighted by molar-refractivity contribution is -0.141. The highest BCUT2D eigenvalue weighted by Crippen LogP contribution is 2.34. The van der Waals surface area contributed by atoms with Crippen LogP contribution in [-0.2, 0) is 4.79 Å². The average Bonchev–Trinajstić information content (AvgIpc) is 2.02. The molecule has 1 aromatic heterocycles. The molecule has 1 unspecified atom stereocenters. The summed E-state index contributed by atoms with van der Waals surface area (Å²) in [5.74, 6) is -1.30. The lowest BCUT2D eigenvalue weighted by Gasteiger charge is -2.26. The second-order valence-electron chi connectivity index (χ2n) is 4.42. The highest BCUT2D eigenvalue weighted by Gasteiger charge is 2.32. The number of pyridine rings is 1. The molecule has 84 valence electrons. The van der Waals surface area contributed by atoms with E-state index in [2.05, 4.69) is 4.98 Å². The molecule has 0 aromatic carbocycles. The molecule has 0 radical (unpaired) electrons. The number of rotatable bonds is 2. The molecule has 15 heavy (non-hydrogen) atoms. The first-order valence-electron chi connectivity index (χ1n) is 4.55. The zero-order chi connectivity index (χ0) is 10.8. The molecule has 0 fully saturated rings. The fourth-order valence-electron chi connectivity index (χ4n) is 1.56. The number of aliphatic carboxylic acids is 1. The second kappa shape index (κ2) is 5.12. The summed E-state index contributed by atoms with van der Waals surface area (Å²) in [6.07, 6.45) is 3.26. The molecular weight excluding hydrogens is 214 g/mol. The summed E-state index contributed by atoms with van der Waals surface area (Å²) in [4.78, 5) is 15.1. The van der Waals surface area contributed by atoms with Crippen molar-refractivity contribution < 1.29 is 9.90 Å². The Bertz CT molecular complexity index is 319. The van der Waals surface area contributed by atoms with Crippen LogP contribution in [0.4, 0.5) is 0 Å². The first-order valence-corrected chi connectivity index (χ1v) is 4.55. The van der Waals surface area contributed by atoms with Gasteiger partial charge in [-0.2, -0.15) is 0 Å². The number of nitrogens with zero attached hydrogens (tertiary/aromatic N) is 1. The molecule has 0 aliphatic carbocycles. The van der Waals surface area contributed by atoms with E-state index < -0.39 is 11.9 Å². The largest absolute Gasteiger partial charge is 0.481 e. The van der Waals surface area contributed by atoms with Crippen molar-refractivity contribution in [1.82, 2.24) is 4.98 Å². The molecule has 1 N–H and O–H groups in total. The summed E-state index contributed by atoms with van der Waals surface area (Å²) >= 11 is 0. The zero-order valence-electron chi connectivity index (χ0n) is 9.10. The summed E-state index contributed by atoms with van der Waals surface area (Å²) in [6.45, 7) is 5.75. The van der Waals surface area contributed by atoms with Gasteiger partial charge in [0.1, 0.15) is 0 Å². The van der Waals surface area contributed by atoms with Crippen LogP contribution in [0.15, 0.2) is 24.5 Å². The number of carboxylic acid groups (broad SMARTS) is 1. The van der Waals surface area contributed by atoms with Crippen LogP contribution in [0, 0.1) is 5.41 Å². The minimum atomic E-state index is -0.800. The van der Waals surface area contributed by atoms with Crippen LogP contribution in [0.1, 0.15) is 32.3 Å². The lowest BCUT2D eigenvalue weighted by atomic mass is 9.77. The highest BCUT2D eigenvalue weighted by molar-refractivity contribution is 5.85. The van der Waals surface area contributed by atoms with Crippen LogP contribution in [0.2, 0.25) is 0 Å². The van der Waals surface area contributed by atoms with E-state index in [0.29, 0.717) is 0 Å². The van der Waals surface area contributed by atoms with Crippen LogP contribution in [0.5, 0.6) is 0 Å². The van der Waals surface area contributed by atoms with Gasteiger partial charge in [-0.1, -0.05) is 26.8 Å². The molecule has 1 heterocycles. The Balaban J connectivity index is 0.00000196. The minimum Gasteiger partial charge on any atom is -0.481 e. The second-order valence-corrected chi connectivity index (χ2v) is 4.42. The van der Waals surface area contributed by atoms with E-state index in [0.717, 1.165) is 5.56 Å². The van der Waals surface area contributed by atoms with Crippen molar-refractivity contribution in [2.24, 2.45) is 5.41 Å². The molecule has 1 rings (SSSR count). The van der Waals surface area contributed by atoms with Crippen LogP contribution >= 0.6 is 12.4 Å². The molecule has 0 saturated carbocycles. The van der Waals surface area contributed by atoms with E-state index in [1.807, 2.05) is 20.8 Å². The maximum atomic E-state index is 11.1. The summed E-state index contributed by atoms with van der Waals surface area (Å²) in [6, 6.07) is 3.56. The zero-order valence-corrected chi connectivity index (χ0v) is 9.91. The topological polar surface area (TPSA) is 50.2 Å².